The van der Waals surface area contributed by atoms with Crippen LogP contribution in [0, 0.1) is 11.8 Å². The summed E-state index contributed by atoms with van der Waals surface area (Å²) in [6.45, 7) is 7.11. The maximum Gasteiger partial charge on any atom is 0.107 e. The molecule has 130 valence electrons. The largest absolute Gasteiger partial charge is 0.239 e. The first-order chi connectivity index (χ1) is 11.6. The molecule has 0 aromatic carbocycles. The number of nitrogens with zero attached hydrogens (tertiary/aromatic N) is 1. The van der Waals surface area contributed by atoms with E-state index in [0.717, 1.165) is 22.8 Å². The van der Waals surface area contributed by atoms with Gasteiger partial charge in [-0.1, -0.05) is 51.5 Å². The minimum absolute atomic E-state index is 0.614. The van der Waals surface area contributed by atoms with Crippen molar-refractivity contribution in [1.82, 2.24) is 4.98 Å². The number of aromatic nitrogens is 1. The summed E-state index contributed by atoms with van der Waals surface area (Å²) in [6.07, 6.45) is 13.6. The van der Waals surface area contributed by atoms with Gasteiger partial charge in [0, 0.05) is 17.4 Å². The van der Waals surface area contributed by atoms with Crippen molar-refractivity contribution in [3.8, 4) is 0 Å². The number of hydrogen-bond acceptors (Lipinski definition) is 3. The lowest BCUT2D eigenvalue weighted by Gasteiger charge is -2.15. The first-order valence-electron chi connectivity index (χ1n) is 9.45. The van der Waals surface area contributed by atoms with Crippen LogP contribution in [0.4, 0.5) is 0 Å². The minimum atomic E-state index is 0.614. The van der Waals surface area contributed by atoms with Gasteiger partial charge in [-0.15, -0.1) is 23.1 Å². The van der Waals surface area contributed by atoms with Gasteiger partial charge in [0.2, 0.25) is 0 Å². The first-order valence-corrected chi connectivity index (χ1v) is 11.2. The molecule has 1 aromatic heterocycles. The lowest BCUT2D eigenvalue weighted by molar-refractivity contribution is 0.423. The Kier molecular flexibility index (Phi) is 6.47. The molecule has 1 aliphatic heterocycles. The Hall–Kier alpha value is -0.720. The standard InChI is InChI=1S/C21H29NS2/c1-15(2)7-6-8-16(3)11-12-17-13-14-20(23-17)21-22-18-9-4-5-10-19(18)24-21/h9-10,15-17,20H,6-8,11-14H2,1-3H3. The van der Waals surface area contributed by atoms with Gasteiger partial charge in [0.15, 0.2) is 0 Å². The molecule has 2 aliphatic rings. The predicted octanol–water partition coefficient (Wildman–Crippen LogP) is 7.12. The van der Waals surface area contributed by atoms with Gasteiger partial charge in [0.25, 0.3) is 0 Å². The van der Waals surface area contributed by atoms with Gasteiger partial charge >= 0.3 is 0 Å². The summed E-state index contributed by atoms with van der Waals surface area (Å²) in [5.41, 5.74) is 7.15. The van der Waals surface area contributed by atoms with Crippen molar-refractivity contribution in [3.05, 3.63) is 27.0 Å². The van der Waals surface area contributed by atoms with Gasteiger partial charge in [-0.25, -0.2) is 4.98 Å². The number of thiazole rings is 1. The van der Waals surface area contributed by atoms with Gasteiger partial charge in [-0.3, -0.25) is 0 Å². The van der Waals surface area contributed by atoms with E-state index >= 15 is 0 Å². The molecule has 24 heavy (non-hydrogen) atoms. The highest BCUT2D eigenvalue weighted by Crippen LogP contribution is 2.48. The van der Waals surface area contributed by atoms with E-state index in [1.54, 1.807) is 0 Å². The molecule has 3 heteroatoms. The van der Waals surface area contributed by atoms with E-state index in [2.05, 4.69) is 44.0 Å². The topological polar surface area (TPSA) is 12.9 Å². The van der Waals surface area contributed by atoms with E-state index < -0.39 is 0 Å². The summed E-state index contributed by atoms with van der Waals surface area (Å²) in [7, 11) is 0. The Bertz CT molecular complexity index is 611. The van der Waals surface area contributed by atoms with E-state index in [-0.39, 0.29) is 0 Å². The van der Waals surface area contributed by atoms with Crippen molar-refractivity contribution in [1.29, 1.82) is 0 Å². The third kappa shape index (κ3) is 4.90. The molecule has 1 aromatic rings. The maximum absolute atomic E-state index is 4.83. The summed E-state index contributed by atoms with van der Waals surface area (Å²) in [4.78, 5) is 6.08. The predicted molar refractivity (Wildman–Crippen MR) is 109 cm³/mol. The Morgan fingerprint density at radius 1 is 1.12 bits per heavy atom. The zero-order valence-electron chi connectivity index (χ0n) is 15.2. The van der Waals surface area contributed by atoms with Gasteiger partial charge in [-0.05, 0) is 37.5 Å². The second-order valence-corrected chi connectivity index (χ2v) is 10.3. The summed E-state index contributed by atoms with van der Waals surface area (Å²) in [5.74, 6) is 1.74. The molecular formula is C21H29NS2. The zero-order chi connectivity index (χ0) is 16.9. The Labute approximate surface area is 155 Å². The Morgan fingerprint density at radius 2 is 1.96 bits per heavy atom. The van der Waals surface area contributed by atoms with E-state index in [0.29, 0.717) is 5.25 Å². The smallest absolute Gasteiger partial charge is 0.107 e. The molecule has 3 unspecified atom stereocenters. The number of rotatable bonds is 8. The normalized spacial score (nSPS) is 23.2. The van der Waals surface area contributed by atoms with Crippen LogP contribution in [0.3, 0.4) is 0 Å². The Morgan fingerprint density at radius 3 is 2.75 bits per heavy atom. The van der Waals surface area contributed by atoms with Crippen molar-refractivity contribution in [2.24, 2.45) is 11.8 Å². The van der Waals surface area contributed by atoms with Crippen molar-refractivity contribution in [2.45, 2.75) is 76.2 Å². The minimum Gasteiger partial charge on any atom is -0.239 e. The van der Waals surface area contributed by atoms with Gasteiger partial charge < -0.3 is 0 Å². The van der Waals surface area contributed by atoms with Crippen LogP contribution in [-0.4, -0.2) is 10.2 Å². The fraction of sp³-hybridized carbons (Fsp3) is 0.667. The summed E-state index contributed by atoms with van der Waals surface area (Å²) >= 11 is 4.03. The molecule has 1 saturated heterocycles. The molecule has 3 atom stereocenters. The van der Waals surface area contributed by atoms with Crippen molar-refractivity contribution in [2.75, 3.05) is 0 Å². The van der Waals surface area contributed by atoms with Gasteiger partial charge in [0.05, 0.1) is 15.8 Å². The average molecular weight is 360 g/mol. The molecule has 2 heterocycles. The van der Waals surface area contributed by atoms with Crippen LogP contribution in [0.15, 0.2) is 11.5 Å². The fourth-order valence-corrected chi connectivity index (χ4v) is 6.22. The maximum atomic E-state index is 4.83. The molecule has 0 amide bonds. The van der Waals surface area contributed by atoms with Crippen LogP contribution in [0.5, 0.6) is 0 Å². The highest BCUT2D eigenvalue weighted by Gasteiger charge is 2.29. The monoisotopic (exact) mass is 359 g/mol. The zero-order valence-corrected chi connectivity index (χ0v) is 16.8. The third-order valence-electron chi connectivity index (χ3n) is 5.04. The molecule has 1 nitrogen and oxygen atoms in total. The van der Waals surface area contributed by atoms with Crippen LogP contribution < -0.4 is 0 Å². The van der Waals surface area contributed by atoms with E-state index in [9.17, 15) is 0 Å². The van der Waals surface area contributed by atoms with Crippen molar-refractivity contribution in [3.63, 3.8) is 0 Å². The van der Waals surface area contributed by atoms with E-state index in [1.165, 1.54) is 54.8 Å². The lowest BCUT2D eigenvalue weighted by Crippen LogP contribution is -2.02. The highest BCUT2D eigenvalue weighted by atomic mass is 32.2. The Balaban J connectivity index is 1.42. The number of fused-ring (bicyclic) bond motifs is 1. The quantitative estimate of drug-likeness (QED) is 0.465. The lowest BCUT2D eigenvalue weighted by atomic mass is 9.95. The molecular weight excluding hydrogens is 330 g/mol. The molecule has 1 aliphatic carbocycles. The number of thioether (sulfide) groups is 1. The summed E-state index contributed by atoms with van der Waals surface area (Å²) < 4.78 is 0. The van der Waals surface area contributed by atoms with E-state index in [1.807, 2.05) is 23.5 Å². The molecule has 3 rings (SSSR count). The van der Waals surface area contributed by atoms with Crippen LogP contribution in [0.1, 0.15) is 86.5 Å². The summed E-state index contributed by atoms with van der Waals surface area (Å²) in [6, 6.07) is 0. The SMILES string of the molecule is CC(C)CCCC(C)CCC1CCC(c2nc3c(s2)C=C=C=C3)S1. The molecule has 0 saturated carbocycles. The van der Waals surface area contributed by atoms with Crippen LogP contribution in [0.2, 0.25) is 0 Å². The highest BCUT2D eigenvalue weighted by molar-refractivity contribution is 8.00. The molecule has 0 spiro atoms. The molecule has 0 bridgehead atoms. The second-order valence-electron chi connectivity index (χ2n) is 7.71. The first kappa shape index (κ1) is 18.1. The van der Waals surface area contributed by atoms with Crippen molar-refractivity contribution >= 4 is 35.3 Å². The second kappa shape index (κ2) is 8.59. The molecule has 0 radical (unpaired) electrons. The van der Waals surface area contributed by atoms with E-state index in [4.69, 9.17) is 4.98 Å². The number of hydrogen-bond donors (Lipinski definition) is 0. The third-order valence-corrected chi connectivity index (χ3v) is 7.96. The van der Waals surface area contributed by atoms with Crippen LogP contribution >= 0.6 is 23.1 Å². The fourth-order valence-electron chi connectivity index (χ4n) is 3.51. The van der Waals surface area contributed by atoms with Crippen LogP contribution in [-0.2, 0) is 0 Å². The van der Waals surface area contributed by atoms with Crippen molar-refractivity contribution < 1.29 is 0 Å². The molecule has 0 N–H and O–H groups in total. The van der Waals surface area contributed by atoms with Gasteiger partial charge in [-0.2, -0.15) is 0 Å². The average Bonchev–Trinajstić information content (AvgIpc) is 3.19. The molecule has 1 fully saturated rings. The van der Waals surface area contributed by atoms with Crippen LogP contribution in [0.25, 0.3) is 12.2 Å². The van der Waals surface area contributed by atoms with Gasteiger partial charge in [0.1, 0.15) is 5.01 Å². The summed E-state index contributed by atoms with van der Waals surface area (Å²) in [5, 5.41) is 2.77.